The van der Waals surface area contributed by atoms with E-state index in [1.54, 1.807) is 7.11 Å². The fourth-order valence-corrected chi connectivity index (χ4v) is 1.43. The quantitative estimate of drug-likeness (QED) is 0.654. The molecule has 0 unspecified atom stereocenters. The van der Waals surface area contributed by atoms with Crippen LogP contribution in [0.15, 0.2) is 22.6 Å². The second-order valence-corrected chi connectivity index (χ2v) is 3.11. The maximum Gasteiger partial charge on any atom is 0.269 e. The molecule has 3 nitrogen and oxygen atoms in total. The molecule has 13 heavy (non-hydrogen) atoms. The molecule has 0 saturated carbocycles. The van der Waals surface area contributed by atoms with Gasteiger partial charge < -0.3 is 13.7 Å². The fraction of sp³-hybridized carbons (Fsp3) is 0.222. The van der Waals surface area contributed by atoms with Crippen molar-refractivity contribution in [1.82, 2.24) is 4.57 Å². The van der Waals surface area contributed by atoms with Gasteiger partial charge in [0.2, 0.25) is 0 Å². The first-order valence-electron chi connectivity index (χ1n) is 3.86. The predicted octanol–water partition coefficient (Wildman–Crippen LogP) is 2.51. The van der Waals surface area contributed by atoms with Crippen LogP contribution in [0.3, 0.4) is 0 Å². The van der Waals surface area contributed by atoms with E-state index in [-0.39, 0.29) is 0 Å². The van der Waals surface area contributed by atoms with Crippen molar-refractivity contribution in [1.29, 1.82) is 0 Å². The SMILES string of the molecule is COc1ccc2c(c1)oc(=S)n2C. The van der Waals surface area contributed by atoms with E-state index in [9.17, 15) is 0 Å². The Balaban J connectivity index is 2.80. The Hall–Kier alpha value is -1.29. The normalized spacial score (nSPS) is 10.6. The highest BCUT2D eigenvalue weighted by Gasteiger charge is 2.03. The monoisotopic (exact) mass is 195 g/mol. The van der Waals surface area contributed by atoms with Crippen molar-refractivity contribution in [3.63, 3.8) is 0 Å². The molecule has 0 amide bonds. The lowest BCUT2D eigenvalue weighted by atomic mass is 10.3. The summed E-state index contributed by atoms with van der Waals surface area (Å²) in [6, 6.07) is 5.63. The number of nitrogens with zero attached hydrogens (tertiary/aromatic N) is 1. The van der Waals surface area contributed by atoms with Gasteiger partial charge in [-0.3, -0.25) is 0 Å². The highest BCUT2D eigenvalue weighted by Crippen LogP contribution is 2.21. The number of hydrogen-bond acceptors (Lipinski definition) is 3. The molecule has 0 spiro atoms. The first-order valence-corrected chi connectivity index (χ1v) is 4.27. The lowest BCUT2D eigenvalue weighted by Crippen LogP contribution is -1.86. The third kappa shape index (κ3) is 1.23. The Bertz CT molecular complexity index is 498. The van der Waals surface area contributed by atoms with E-state index in [1.807, 2.05) is 29.8 Å². The summed E-state index contributed by atoms with van der Waals surface area (Å²) in [4.78, 5) is 0.475. The van der Waals surface area contributed by atoms with Gasteiger partial charge in [-0.25, -0.2) is 0 Å². The Morgan fingerprint density at radius 1 is 1.46 bits per heavy atom. The molecular formula is C9H9NO2S. The van der Waals surface area contributed by atoms with Crippen molar-refractivity contribution in [2.75, 3.05) is 7.11 Å². The molecule has 2 aromatic rings. The van der Waals surface area contributed by atoms with Gasteiger partial charge in [0.15, 0.2) is 5.58 Å². The maximum atomic E-state index is 5.34. The van der Waals surface area contributed by atoms with Crippen molar-refractivity contribution in [2.24, 2.45) is 7.05 Å². The Kier molecular flexibility index (Phi) is 1.84. The van der Waals surface area contributed by atoms with Crippen LogP contribution in [0.5, 0.6) is 5.75 Å². The number of aryl methyl sites for hydroxylation is 1. The molecule has 68 valence electrons. The van der Waals surface area contributed by atoms with E-state index < -0.39 is 0 Å². The molecule has 0 atom stereocenters. The minimum atomic E-state index is 0.475. The van der Waals surface area contributed by atoms with Crippen molar-refractivity contribution in [2.45, 2.75) is 0 Å². The van der Waals surface area contributed by atoms with Gasteiger partial charge in [0.05, 0.1) is 12.6 Å². The Labute approximate surface area is 80.5 Å². The highest BCUT2D eigenvalue weighted by atomic mass is 32.1. The number of benzene rings is 1. The van der Waals surface area contributed by atoms with Gasteiger partial charge >= 0.3 is 0 Å². The van der Waals surface area contributed by atoms with Gasteiger partial charge in [0.25, 0.3) is 4.84 Å². The number of rotatable bonds is 1. The number of oxazole rings is 1. The zero-order chi connectivity index (χ0) is 9.42. The second-order valence-electron chi connectivity index (χ2n) is 2.76. The molecule has 0 aliphatic carbocycles. The third-order valence-corrected chi connectivity index (χ3v) is 2.36. The minimum absolute atomic E-state index is 0.475. The number of ether oxygens (including phenoxy) is 1. The number of aromatic nitrogens is 1. The van der Waals surface area contributed by atoms with E-state index in [2.05, 4.69) is 0 Å². The van der Waals surface area contributed by atoms with Crippen LogP contribution in [0.25, 0.3) is 11.1 Å². The summed E-state index contributed by atoms with van der Waals surface area (Å²) >= 11 is 4.99. The standard InChI is InChI=1S/C9H9NO2S/c1-10-7-4-3-6(11-2)5-8(7)12-9(10)13/h3-5H,1-2H3. The van der Waals surface area contributed by atoms with Crippen LogP contribution in [0.4, 0.5) is 0 Å². The van der Waals surface area contributed by atoms with E-state index in [1.165, 1.54) is 0 Å². The molecule has 0 bridgehead atoms. The fourth-order valence-electron chi connectivity index (χ4n) is 1.24. The van der Waals surface area contributed by atoms with Gasteiger partial charge in [-0.15, -0.1) is 0 Å². The molecule has 4 heteroatoms. The lowest BCUT2D eigenvalue weighted by molar-refractivity contribution is 0.414. The average Bonchev–Trinajstić information content (AvgIpc) is 2.42. The summed E-state index contributed by atoms with van der Waals surface area (Å²) in [5, 5.41) is 0. The summed E-state index contributed by atoms with van der Waals surface area (Å²) in [7, 11) is 3.50. The summed E-state index contributed by atoms with van der Waals surface area (Å²) in [5.74, 6) is 0.775. The number of fused-ring (bicyclic) bond motifs is 1. The average molecular weight is 195 g/mol. The van der Waals surface area contributed by atoms with Crippen molar-refractivity contribution >= 4 is 23.3 Å². The smallest absolute Gasteiger partial charge is 0.269 e. The molecule has 0 fully saturated rings. The zero-order valence-corrected chi connectivity index (χ0v) is 8.22. The molecule has 1 heterocycles. The molecule has 0 N–H and O–H groups in total. The first kappa shape index (κ1) is 8.31. The molecule has 0 saturated heterocycles. The van der Waals surface area contributed by atoms with Gasteiger partial charge in [0.1, 0.15) is 5.75 Å². The van der Waals surface area contributed by atoms with E-state index in [0.29, 0.717) is 4.84 Å². The second kappa shape index (κ2) is 2.88. The number of methoxy groups -OCH3 is 1. The predicted molar refractivity (Wildman–Crippen MR) is 52.6 cm³/mol. The molecular weight excluding hydrogens is 186 g/mol. The van der Waals surface area contributed by atoms with Gasteiger partial charge in [-0.1, -0.05) is 0 Å². The van der Waals surface area contributed by atoms with Gasteiger partial charge in [-0.2, -0.15) is 0 Å². The summed E-state index contributed by atoms with van der Waals surface area (Å²) in [6.07, 6.45) is 0. The Morgan fingerprint density at radius 2 is 2.23 bits per heavy atom. The molecule has 0 aliphatic rings. The van der Waals surface area contributed by atoms with E-state index in [0.717, 1.165) is 16.8 Å². The molecule has 0 radical (unpaired) electrons. The molecule has 1 aromatic carbocycles. The molecule has 0 aliphatic heterocycles. The summed E-state index contributed by atoms with van der Waals surface area (Å²) in [6.45, 7) is 0. The summed E-state index contributed by atoms with van der Waals surface area (Å²) < 4.78 is 12.2. The zero-order valence-electron chi connectivity index (χ0n) is 7.40. The maximum absolute atomic E-state index is 5.34. The van der Waals surface area contributed by atoms with Gasteiger partial charge in [0, 0.05) is 13.1 Å². The molecule has 1 aromatic heterocycles. The van der Waals surface area contributed by atoms with Crippen molar-refractivity contribution in [3.05, 3.63) is 23.0 Å². The first-order chi connectivity index (χ1) is 6.22. The van der Waals surface area contributed by atoms with Crippen molar-refractivity contribution in [3.8, 4) is 5.75 Å². The van der Waals surface area contributed by atoms with Crippen LogP contribution in [0, 0.1) is 4.84 Å². The summed E-state index contributed by atoms with van der Waals surface area (Å²) in [5.41, 5.74) is 1.73. The van der Waals surface area contributed by atoms with Crippen LogP contribution in [-0.2, 0) is 7.05 Å². The highest BCUT2D eigenvalue weighted by molar-refractivity contribution is 7.71. The van der Waals surface area contributed by atoms with Gasteiger partial charge in [-0.05, 0) is 24.4 Å². The number of hydrogen-bond donors (Lipinski definition) is 0. The van der Waals surface area contributed by atoms with E-state index in [4.69, 9.17) is 21.4 Å². The Morgan fingerprint density at radius 3 is 2.92 bits per heavy atom. The minimum Gasteiger partial charge on any atom is -0.497 e. The van der Waals surface area contributed by atoms with Crippen molar-refractivity contribution < 1.29 is 9.15 Å². The van der Waals surface area contributed by atoms with E-state index >= 15 is 0 Å². The topological polar surface area (TPSA) is 27.3 Å². The third-order valence-electron chi connectivity index (χ3n) is 2.00. The van der Waals surface area contributed by atoms with Crippen LogP contribution in [-0.4, -0.2) is 11.7 Å². The van der Waals surface area contributed by atoms with Crippen LogP contribution in [0.1, 0.15) is 0 Å². The largest absolute Gasteiger partial charge is 0.497 e. The van der Waals surface area contributed by atoms with Crippen LogP contribution < -0.4 is 4.74 Å². The van der Waals surface area contributed by atoms with Crippen LogP contribution >= 0.6 is 12.2 Å². The van der Waals surface area contributed by atoms with Crippen LogP contribution in [0.2, 0.25) is 0 Å². The lowest BCUT2D eigenvalue weighted by Gasteiger charge is -1.97. The molecule has 2 rings (SSSR count).